The van der Waals surface area contributed by atoms with Gasteiger partial charge in [0.1, 0.15) is 5.56 Å². The monoisotopic (exact) mass is 367 g/mol. The number of hydrogen-bond acceptors (Lipinski definition) is 6. The van der Waals surface area contributed by atoms with Crippen molar-refractivity contribution in [3.05, 3.63) is 40.5 Å². The van der Waals surface area contributed by atoms with Crippen LogP contribution in [-0.4, -0.2) is 39.6 Å². The van der Waals surface area contributed by atoms with Gasteiger partial charge in [0, 0.05) is 17.7 Å². The minimum atomic E-state index is -1.75. The fraction of sp³-hybridized carbons (Fsp3) is 0.312. The fourth-order valence-corrected chi connectivity index (χ4v) is 3.53. The standard InChI is InChI=1S/C16H14FNO6S/c1-23-14-9(17)6-5-8(15(14)25(2)22)12(19)10-11(16(20)21)18-24-13(10)7-3-4-7/h5-7H,3-4H2,1-2H3,(H,20,21). The second kappa shape index (κ2) is 6.40. The molecule has 1 fully saturated rings. The Kier molecular flexibility index (Phi) is 4.42. The van der Waals surface area contributed by atoms with Crippen LogP contribution < -0.4 is 4.74 Å². The molecule has 0 bridgehead atoms. The maximum Gasteiger partial charge on any atom is 0.358 e. The van der Waals surface area contributed by atoms with Crippen LogP contribution in [0.4, 0.5) is 4.39 Å². The largest absolute Gasteiger partial charge is 0.492 e. The number of aromatic carboxylic acids is 1. The number of methoxy groups -OCH3 is 1. The lowest BCUT2D eigenvalue weighted by Gasteiger charge is -2.12. The molecular weight excluding hydrogens is 353 g/mol. The number of carbonyl (C=O) groups is 2. The molecule has 1 unspecified atom stereocenters. The summed E-state index contributed by atoms with van der Waals surface area (Å²) in [5, 5.41) is 12.8. The molecule has 1 heterocycles. The molecule has 1 N–H and O–H groups in total. The van der Waals surface area contributed by atoms with Crippen molar-refractivity contribution in [2.24, 2.45) is 0 Å². The summed E-state index contributed by atoms with van der Waals surface area (Å²) in [6.45, 7) is 0. The highest BCUT2D eigenvalue weighted by molar-refractivity contribution is 7.84. The van der Waals surface area contributed by atoms with Crippen LogP contribution in [-0.2, 0) is 10.8 Å². The van der Waals surface area contributed by atoms with E-state index in [1.807, 2.05) is 0 Å². The number of benzene rings is 1. The van der Waals surface area contributed by atoms with Crippen molar-refractivity contribution >= 4 is 22.6 Å². The van der Waals surface area contributed by atoms with Crippen LogP contribution in [0, 0.1) is 5.82 Å². The molecule has 3 rings (SSSR count). The number of rotatable bonds is 6. The molecule has 1 aromatic heterocycles. The van der Waals surface area contributed by atoms with Crippen molar-refractivity contribution < 1.29 is 32.6 Å². The average Bonchev–Trinajstić information content (AvgIpc) is 3.31. The molecule has 1 atom stereocenters. The number of carbonyl (C=O) groups excluding carboxylic acids is 1. The molecule has 1 aliphatic carbocycles. The van der Waals surface area contributed by atoms with Gasteiger partial charge in [0.25, 0.3) is 0 Å². The summed E-state index contributed by atoms with van der Waals surface area (Å²) in [4.78, 5) is 24.3. The van der Waals surface area contributed by atoms with Crippen molar-refractivity contribution in [1.29, 1.82) is 0 Å². The normalized spacial score (nSPS) is 15.0. The average molecular weight is 367 g/mol. The highest BCUT2D eigenvalue weighted by Gasteiger charge is 2.38. The molecule has 7 nitrogen and oxygen atoms in total. The third kappa shape index (κ3) is 2.95. The van der Waals surface area contributed by atoms with Gasteiger partial charge in [-0.3, -0.25) is 9.00 Å². The molecule has 25 heavy (non-hydrogen) atoms. The number of halogens is 1. The van der Waals surface area contributed by atoms with Crippen molar-refractivity contribution in [3.8, 4) is 5.75 Å². The summed E-state index contributed by atoms with van der Waals surface area (Å²) in [6, 6.07) is 2.17. The molecule has 0 amide bonds. The van der Waals surface area contributed by atoms with Gasteiger partial charge in [0.2, 0.25) is 11.5 Å². The van der Waals surface area contributed by atoms with Crippen LogP contribution in [0.5, 0.6) is 5.75 Å². The number of nitrogens with zero attached hydrogens (tertiary/aromatic N) is 1. The second-order valence-electron chi connectivity index (χ2n) is 5.59. The lowest BCUT2D eigenvalue weighted by molar-refractivity contribution is 0.0682. The van der Waals surface area contributed by atoms with Gasteiger partial charge in [0.15, 0.2) is 17.3 Å². The molecular formula is C16H14FNO6S. The van der Waals surface area contributed by atoms with Gasteiger partial charge in [-0.05, 0) is 25.0 Å². The van der Waals surface area contributed by atoms with Gasteiger partial charge in [-0.25, -0.2) is 9.18 Å². The van der Waals surface area contributed by atoms with Crippen LogP contribution in [0.3, 0.4) is 0 Å². The molecule has 1 aromatic carbocycles. The van der Waals surface area contributed by atoms with Gasteiger partial charge >= 0.3 is 5.97 Å². The van der Waals surface area contributed by atoms with E-state index in [9.17, 15) is 23.3 Å². The molecule has 1 saturated carbocycles. The zero-order valence-corrected chi connectivity index (χ0v) is 14.2. The summed E-state index contributed by atoms with van der Waals surface area (Å²) in [5.74, 6) is -3.10. The topological polar surface area (TPSA) is 107 Å². The van der Waals surface area contributed by atoms with E-state index in [1.54, 1.807) is 0 Å². The number of aromatic nitrogens is 1. The van der Waals surface area contributed by atoms with E-state index in [-0.39, 0.29) is 33.5 Å². The first-order chi connectivity index (χ1) is 11.9. The number of carboxylic acids is 1. The molecule has 132 valence electrons. The van der Waals surface area contributed by atoms with Crippen molar-refractivity contribution in [1.82, 2.24) is 5.16 Å². The van der Waals surface area contributed by atoms with E-state index in [0.29, 0.717) is 0 Å². The zero-order chi connectivity index (χ0) is 18.3. The molecule has 9 heteroatoms. The van der Waals surface area contributed by atoms with Crippen LogP contribution in [0.25, 0.3) is 0 Å². The predicted molar refractivity (Wildman–Crippen MR) is 84.2 cm³/mol. The summed E-state index contributed by atoms with van der Waals surface area (Å²) >= 11 is 0. The van der Waals surface area contributed by atoms with E-state index in [1.165, 1.54) is 13.4 Å². The number of ketones is 1. The Hall–Kier alpha value is -2.55. The summed E-state index contributed by atoms with van der Waals surface area (Å²) in [6.07, 6.45) is 2.79. The van der Waals surface area contributed by atoms with E-state index < -0.39 is 34.1 Å². The minimum Gasteiger partial charge on any atom is -0.492 e. The van der Waals surface area contributed by atoms with Gasteiger partial charge in [-0.15, -0.1) is 0 Å². The first-order valence-corrected chi connectivity index (χ1v) is 8.90. The number of ether oxygens (including phenoxy) is 1. The third-order valence-corrected chi connectivity index (χ3v) is 4.88. The Morgan fingerprint density at radius 1 is 1.40 bits per heavy atom. The first kappa shape index (κ1) is 17.3. The molecule has 0 radical (unpaired) electrons. The summed E-state index contributed by atoms with van der Waals surface area (Å²) in [7, 11) is -0.553. The van der Waals surface area contributed by atoms with Crippen LogP contribution in [0.1, 0.15) is 50.9 Å². The lowest BCUT2D eigenvalue weighted by atomic mass is 9.99. The Balaban J connectivity index is 2.22. The Labute approximate surface area is 144 Å². The lowest BCUT2D eigenvalue weighted by Crippen LogP contribution is -2.13. The van der Waals surface area contributed by atoms with Crippen molar-refractivity contribution in [3.63, 3.8) is 0 Å². The third-order valence-electron chi connectivity index (χ3n) is 3.90. The van der Waals surface area contributed by atoms with Gasteiger partial charge in [-0.1, -0.05) is 5.16 Å². The first-order valence-electron chi connectivity index (χ1n) is 7.34. The van der Waals surface area contributed by atoms with Crippen molar-refractivity contribution in [2.75, 3.05) is 13.4 Å². The fourth-order valence-electron chi connectivity index (χ4n) is 2.62. The maximum absolute atomic E-state index is 13.9. The van der Waals surface area contributed by atoms with Gasteiger partial charge in [-0.2, -0.15) is 0 Å². The quantitative estimate of drug-likeness (QED) is 0.781. The highest BCUT2D eigenvalue weighted by Crippen LogP contribution is 2.43. The van der Waals surface area contributed by atoms with E-state index in [4.69, 9.17) is 9.26 Å². The summed E-state index contributed by atoms with van der Waals surface area (Å²) in [5.41, 5.74) is -0.801. The van der Waals surface area contributed by atoms with Gasteiger partial charge < -0.3 is 14.4 Å². The molecule has 0 aliphatic heterocycles. The van der Waals surface area contributed by atoms with E-state index >= 15 is 0 Å². The van der Waals surface area contributed by atoms with Crippen molar-refractivity contribution in [2.45, 2.75) is 23.7 Å². The Bertz CT molecular complexity index is 902. The zero-order valence-electron chi connectivity index (χ0n) is 13.4. The summed E-state index contributed by atoms with van der Waals surface area (Å²) < 4.78 is 36.0. The van der Waals surface area contributed by atoms with Gasteiger partial charge in [0.05, 0.1) is 22.8 Å². The van der Waals surface area contributed by atoms with E-state index in [2.05, 4.69) is 5.16 Å². The molecule has 0 saturated heterocycles. The molecule has 2 aromatic rings. The maximum atomic E-state index is 13.9. The predicted octanol–water partition coefficient (Wildman–Crippen LogP) is 2.37. The SMILES string of the molecule is COc1c(F)ccc(C(=O)c2c(C(=O)O)noc2C2CC2)c1S(C)=O. The van der Waals surface area contributed by atoms with Crippen LogP contribution in [0.2, 0.25) is 0 Å². The Morgan fingerprint density at radius 3 is 2.60 bits per heavy atom. The van der Waals surface area contributed by atoms with Crippen LogP contribution >= 0.6 is 0 Å². The minimum absolute atomic E-state index is 0.0718. The number of carboxylic acid groups (broad SMARTS) is 1. The Morgan fingerprint density at radius 2 is 2.08 bits per heavy atom. The molecule has 1 aliphatic rings. The highest BCUT2D eigenvalue weighted by atomic mass is 32.2. The van der Waals surface area contributed by atoms with Crippen LogP contribution in [0.15, 0.2) is 21.6 Å². The van der Waals surface area contributed by atoms with E-state index in [0.717, 1.165) is 25.0 Å². The molecule has 0 spiro atoms. The number of hydrogen-bond donors (Lipinski definition) is 1. The second-order valence-corrected chi connectivity index (χ2v) is 6.91. The smallest absolute Gasteiger partial charge is 0.358 e.